The van der Waals surface area contributed by atoms with Crippen LogP contribution in [0.2, 0.25) is 0 Å². The summed E-state index contributed by atoms with van der Waals surface area (Å²) in [5.74, 6) is -0.648. The summed E-state index contributed by atoms with van der Waals surface area (Å²) in [7, 11) is -5.93. The second kappa shape index (κ2) is 23.3. The van der Waals surface area contributed by atoms with Crippen molar-refractivity contribution < 1.29 is 42.4 Å². The van der Waals surface area contributed by atoms with E-state index in [1.54, 1.807) is 52.8 Å². The molecular formula is C58H84N8O4. The summed E-state index contributed by atoms with van der Waals surface area (Å²) in [4.78, 5) is 47.2. The number of methoxy groups -OCH3 is 2. The first kappa shape index (κ1) is 34.7. The second-order valence-corrected chi connectivity index (χ2v) is 20.2. The molecule has 0 N–H and O–H groups in total. The fourth-order valence-electron chi connectivity index (χ4n) is 10.8. The number of hydrogen-bond donors (Lipinski definition) is 0. The third kappa shape index (κ3) is 12.0. The first-order valence-corrected chi connectivity index (χ1v) is 24.6. The SMILES string of the molecule is [2H]C([2H])([2H])OC([2H])([2H])[C@@H](c1ccc(C)cc1)N1CCN(C2(C)CCN(C(=O)c3c(C([2H])([2H])[2H])ccnc3C)CC2)C[C@@H]1C.[2H]C([2H])([2H])OC([2H])([2H])[C@@]([2H])(c1ccc(C)cc1)N1CCN(C2(C)CCN(C(=O)c3c(C([2H])([2H])[2H])ccnc3C)CC2)C[C@@H]1C. The van der Waals surface area contributed by atoms with Gasteiger partial charge in [0.25, 0.3) is 11.8 Å². The van der Waals surface area contributed by atoms with E-state index in [1.165, 1.54) is 24.5 Å². The summed E-state index contributed by atoms with van der Waals surface area (Å²) in [6.07, 6.45) is 5.50. The molecule has 2 amide bonds. The average Bonchev–Trinajstić information content (AvgIpc) is 0.813. The number of carbonyl (C=O) groups excluding carboxylic acids is 2. The van der Waals surface area contributed by atoms with Crippen molar-refractivity contribution in [3.63, 3.8) is 0 Å². The Labute approximate surface area is 444 Å². The Kier molecular flexibility index (Phi) is 11.6. The highest BCUT2D eigenvalue weighted by molar-refractivity contribution is 5.97. The number of aryl methyl sites for hydroxylation is 6. The van der Waals surface area contributed by atoms with Crippen LogP contribution in [0.15, 0.2) is 73.1 Å². The van der Waals surface area contributed by atoms with E-state index in [9.17, 15) is 11.0 Å². The van der Waals surface area contributed by atoms with Gasteiger partial charge in [0.1, 0.15) is 0 Å². The lowest BCUT2D eigenvalue weighted by Crippen LogP contribution is -2.62. The molecule has 6 heterocycles. The lowest BCUT2D eigenvalue weighted by molar-refractivity contribution is -0.0407. The smallest absolute Gasteiger partial charge is 0.255 e. The van der Waals surface area contributed by atoms with Crippen LogP contribution in [0.4, 0.5) is 0 Å². The molecule has 12 heteroatoms. The Morgan fingerprint density at radius 2 is 1.06 bits per heavy atom. The fourth-order valence-corrected chi connectivity index (χ4v) is 10.8. The summed E-state index contributed by atoms with van der Waals surface area (Å²) in [6, 6.07) is 13.5. The normalized spacial score (nSPS) is 27.4. The number of pyridine rings is 2. The minimum absolute atomic E-state index is 0.00284. The molecule has 0 bridgehead atoms. The van der Waals surface area contributed by atoms with Crippen LogP contribution in [-0.2, 0) is 9.47 Å². The van der Waals surface area contributed by atoms with Crippen LogP contribution in [0.25, 0.3) is 0 Å². The lowest BCUT2D eigenvalue weighted by Gasteiger charge is -2.52. The van der Waals surface area contributed by atoms with Crippen molar-refractivity contribution in [2.24, 2.45) is 0 Å². The summed E-state index contributed by atoms with van der Waals surface area (Å²) in [5, 5.41) is 0. The molecule has 0 unspecified atom stereocenters. The van der Waals surface area contributed by atoms with Gasteiger partial charge < -0.3 is 19.3 Å². The maximum Gasteiger partial charge on any atom is 0.255 e. The van der Waals surface area contributed by atoms with Crippen molar-refractivity contribution in [2.45, 2.75) is 130 Å². The maximum atomic E-state index is 13.5. The minimum atomic E-state index is -3.04. The van der Waals surface area contributed by atoms with Crippen LogP contribution in [0.1, 0.15) is 154 Å². The fraction of sp³-hybridized carbons (Fsp3) is 0.586. The molecule has 2 aromatic carbocycles. The van der Waals surface area contributed by atoms with Gasteiger partial charge in [-0.25, -0.2) is 0 Å². The molecule has 4 aliphatic rings. The van der Waals surface area contributed by atoms with Gasteiger partial charge in [-0.05, 0) is 129 Å². The van der Waals surface area contributed by atoms with E-state index in [0.717, 1.165) is 11.1 Å². The summed E-state index contributed by atoms with van der Waals surface area (Å²) >= 11 is 0. The van der Waals surface area contributed by atoms with Crippen LogP contribution >= 0.6 is 0 Å². The van der Waals surface area contributed by atoms with E-state index in [0.29, 0.717) is 107 Å². The van der Waals surface area contributed by atoms with Crippen molar-refractivity contribution in [1.82, 2.24) is 39.4 Å². The molecule has 12 nitrogen and oxygen atoms in total. The lowest BCUT2D eigenvalue weighted by atomic mass is 9.86. The molecule has 8 rings (SSSR count). The van der Waals surface area contributed by atoms with Crippen LogP contribution < -0.4 is 0 Å². The number of piperidine rings is 2. The summed E-state index contributed by atoms with van der Waals surface area (Å²) in [5.41, 5.74) is 3.49. The summed E-state index contributed by atoms with van der Waals surface area (Å²) < 4.78 is 147. The monoisotopic (exact) mass is 974 g/mol. The molecule has 4 fully saturated rings. The van der Waals surface area contributed by atoms with Crippen LogP contribution in [0.5, 0.6) is 0 Å². The number of nitrogens with zero attached hydrogens (tertiary/aromatic N) is 8. The zero-order valence-electron chi connectivity index (χ0n) is 59.3. The number of benzene rings is 2. The highest BCUT2D eigenvalue weighted by Crippen LogP contribution is 2.36. The molecule has 0 spiro atoms. The van der Waals surface area contributed by atoms with Gasteiger partial charge in [-0.3, -0.25) is 39.2 Å². The van der Waals surface area contributed by atoms with Gasteiger partial charge in [0, 0.05) is 123 Å². The molecule has 4 aromatic rings. The van der Waals surface area contributed by atoms with Gasteiger partial charge in [0.05, 0.1) is 62.8 Å². The van der Waals surface area contributed by atoms with Crippen molar-refractivity contribution in [1.29, 1.82) is 0 Å². The third-order valence-corrected chi connectivity index (χ3v) is 15.5. The van der Waals surface area contributed by atoms with Gasteiger partial charge in [-0.2, -0.15) is 0 Å². The van der Waals surface area contributed by atoms with E-state index in [2.05, 4.69) is 33.6 Å². The molecule has 70 heavy (non-hydrogen) atoms. The Hall–Kier alpha value is -4.56. The number of amides is 2. The van der Waals surface area contributed by atoms with Crippen LogP contribution in [0.3, 0.4) is 0 Å². The minimum Gasteiger partial charge on any atom is -0.383 e. The van der Waals surface area contributed by atoms with E-state index >= 15 is 0 Å². The van der Waals surface area contributed by atoms with E-state index in [1.807, 2.05) is 56.9 Å². The largest absolute Gasteiger partial charge is 0.383 e. The number of likely N-dealkylation sites (tertiary alicyclic amines) is 2. The van der Waals surface area contributed by atoms with Gasteiger partial charge in [-0.1, -0.05) is 59.7 Å². The van der Waals surface area contributed by atoms with Gasteiger partial charge in [-0.15, -0.1) is 0 Å². The number of aromatic nitrogens is 2. The Bertz CT molecular complexity index is 3040. The zero-order valence-corrected chi connectivity index (χ0v) is 42.3. The van der Waals surface area contributed by atoms with Crippen molar-refractivity contribution >= 4 is 11.8 Å². The maximum absolute atomic E-state index is 13.5. The molecule has 2 aromatic heterocycles. The zero-order chi connectivity index (χ0) is 64.8. The predicted octanol–water partition coefficient (Wildman–Crippen LogP) is 8.79. The predicted molar refractivity (Wildman–Crippen MR) is 282 cm³/mol. The van der Waals surface area contributed by atoms with E-state index in [4.69, 9.17) is 31.4 Å². The molecule has 4 aliphatic heterocycles. The summed E-state index contributed by atoms with van der Waals surface area (Å²) in [6.45, 7) is 10.0. The highest BCUT2D eigenvalue weighted by atomic mass is 16.5. The average molecular weight is 974 g/mol. The first-order chi connectivity index (χ1) is 40.0. The van der Waals surface area contributed by atoms with Crippen LogP contribution in [-0.4, -0.2) is 167 Å². The topological polar surface area (TPSA) is 97.8 Å². The number of carbonyl (C=O) groups is 2. The molecule has 380 valence electrons. The Balaban J connectivity index is 0.000000249. The Morgan fingerprint density at radius 1 is 0.629 bits per heavy atom. The van der Waals surface area contributed by atoms with E-state index < -0.39 is 53.0 Å². The van der Waals surface area contributed by atoms with Gasteiger partial charge in [0.15, 0.2) is 0 Å². The van der Waals surface area contributed by atoms with Gasteiger partial charge in [0.2, 0.25) is 0 Å². The Morgan fingerprint density at radius 3 is 1.49 bits per heavy atom. The molecule has 0 radical (unpaired) electrons. The van der Waals surface area contributed by atoms with E-state index in [-0.39, 0.29) is 63.8 Å². The highest BCUT2D eigenvalue weighted by Gasteiger charge is 2.43. The molecular weight excluding hydrogens is 873 g/mol. The van der Waals surface area contributed by atoms with Crippen molar-refractivity contribution in [3.05, 3.63) is 129 Å². The third-order valence-electron chi connectivity index (χ3n) is 15.5. The van der Waals surface area contributed by atoms with Gasteiger partial charge >= 0.3 is 0 Å². The molecule has 0 aliphatic carbocycles. The van der Waals surface area contributed by atoms with Crippen LogP contribution in [0, 0.1) is 41.4 Å². The first-order valence-electron chi connectivity index (χ1n) is 33.1. The number of hydrogen-bond acceptors (Lipinski definition) is 10. The molecule has 4 atom stereocenters. The quantitative estimate of drug-likeness (QED) is 0.137. The number of rotatable bonds is 12. The second-order valence-electron chi connectivity index (χ2n) is 20.2. The number of ether oxygens (including phenoxy) is 2. The van der Waals surface area contributed by atoms with Crippen molar-refractivity contribution in [2.75, 3.05) is 92.6 Å². The molecule has 0 saturated carbocycles. The van der Waals surface area contributed by atoms with Crippen molar-refractivity contribution in [3.8, 4) is 0 Å². The molecule has 4 saturated heterocycles. The standard InChI is InChI=1S/2C29H42N4O2/c2*1-21-7-9-25(10-8-21)26(20-35-6)33-18-17-32(19-23(33)3)29(5)12-15-31(16-13-29)28(34)27-22(2)11-14-30-24(27)4/h2*7-11,14,23,26H,12-13,15-20H2,1-6H3/t2*23-,26-/m00/s1/i2D3,6D3,20D2,26D;2D3,6D3,20D2. The number of piperazine rings is 2.